The van der Waals surface area contributed by atoms with E-state index >= 15 is 0 Å². The Morgan fingerprint density at radius 2 is 1.89 bits per heavy atom. The molecule has 19 heavy (non-hydrogen) atoms. The van der Waals surface area contributed by atoms with Crippen LogP contribution < -0.4 is 0 Å². The van der Waals surface area contributed by atoms with E-state index in [0.29, 0.717) is 11.1 Å². The summed E-state index contributed by atoms with van der Waals surface area (Å²) in [7, 11) is 0. The third-order valence-corrected chi connectivity index (χ3v) is 3.51. The highest BCUT2D eigenvalue weighted by Gasteiger charge is 2.14. The molecule has 0 aliphatic heterocycles. The van der Waals surface area contributed by atoms with Crippen LogP contribution in [0.5, 0.6) is 0 Å². The summed E-state index contributed by atoms with van der Waals surface area (Å²) in [5.41, 5.74) is 1.66. The van der Waals surface area contributed by atoms with Gasteiger partial charge in [-0.3, -0.25) is 0 Å². The molecule has 0 saturated heterocycles. The Labute approximate surface area is 119 Å². The average Bonchev–Trinajstić information content (AvgIpc) is 2.36. The Hall–Kier alpha value is -1.26. The fourth-order valence-corrected chi connectivity index (χ4v) is 2.40. The van der Waals surface area contributed by atoms with Gasteiger partial charge in [-0.25, -0.2) is 8.78 Å². The topological polar surface area (TPSA) is 20.2 Å². The van der Waals surface area contributed by atoms with Crippen molar-refractivity contribution in [2.45, 2.75) is 19.4 Å². The van der Waals surface area contributed by atoms with Crippen LogP contribution >= 0.6 is 15.9 Å². The molecule has 2 rings (SSSR count). The number of halogens is 3. The van der Waals surface area contributed by atoms with Gasteiger partial charge in [0.1, 0.15) is 11.6 Å². The first-order chi connectivity index (χ1) is 8.97. The summed E-state index contributed by atoms with van der Waals surface area (Å²) in [5.74, 6) is -0.786. The molecule has 0 aliphatic carbocycles. The lowest BCUT2D eigenvalue weighted by molar-refractivity contribution is 0.176. The van der Waals surface area contributed by atoms with Gasteiger partial charge in [0.05, 0.1) is 6.10 Å². The Morgan fingerprint density at radius 1 is 1.16 bits per heavy atom. The minimum atomic E-state index is -0.931. The highest BCUT2D eigenvalue weighted by molar-refractivity contribution is 9.10. The summed E-state index contributed by atoms with van der Waals surface area (Å²) in [6.45, 7) is 1.79. The van der Waals surface area contributed by atoms with Gasteiger partial charge in [0, 0.05) is 10.9 Å². The van der Waals surface area contributed by atoms with Crippen LogP contribution in [0.15, 0.2) is 40.9 Å². The molecule has 0 saturated carbocycles. The van der Waals surface area contributed by atoms with Gasteiger partial charge >= 0.3 is 0 Å². The van der Waals surface area contributed by atoms with Crippen molar-refractivity contribution < 1.29 is 13.9 Å². The standard InChI is InChI=1S/C15H13BrF2O/c1-9-2-4-12(17)8-13(9)15(19)7-10-6-11(16)3-5-14(10)18/h2-6,8,15,19H,7H2,1H3. The third-order valence-electron chi connectivity index (χ3n) is 3.02. The predicted octanol–water partition coefficient (Wildman–Crippen LogP) is 4.31. The predicted molar refractivity (Wildman–Crippen MR) is 73.9 cm³/mol. The lowest BCUT2D eigenvalue weighted by Gasteiger charge is -2.14. The van der Waals surface area contributed by atoms with Crippen molar-refractivity contribution in [2.24, 2.45) is 0 Å². The van der Waals surface area contributed by atoms with E-state index in [9.17, 15) is 13.9 Å². The second-order valence-corrected chi connectivity index (χ2v) is 5.37. The van der Waals surface area contributed by atoms with Crippen LogP contribution in [0, 0.1) is 18.6 Å². The third kappa shape index (κ3) is 3.39. The Morgan fingerprint density at radius 3 is 2.63 bits per heavy atom. The zero-order valence-corrected chi connectivity index (χ0v) is 11.9. The van der Waals surface area contributed by atoms with Crippen LogP contribution in [0.3, 0.4) is 0 Å². The van der Waals surface area contributed by atoms with E-state index < -0.39 is 11.9 Å². The molecule has 0 radical (unpaired) electrons. The molecule has 1 N–H and O–H groups in total. The van der Waals surface area contributed by atoms with Crippen LogP contribution in [0.1, 0.15) is 22.8 Å². The number of benzene rings is 2. The number of aryl methyl sites for hydroxylation is 1. The maximum Gasteiger partial charge on any atom is 0.126 e. The number of rotatable bonds is 3. The quantitative estimate of drug-likeness (QED) is 0.891. The number of hydrogen-bond donors (Lipinski definition) is 1. The second kappa shape index (κ2) is 5.80. The molecule has 0 aromatic heterocycles. The van der Waals surface area contributed by atoms with Crippen LogP contribution in [0.2, 0.25) is 0 Å². The van der Waals surface area contributed by atoms with Crippen molar-refractivity contribution in [3.63, 3.8) is 0 Å². The molecule has 0 fully saturated rings. The molecule has 0 aliphatic rings. The van der Waals surface area contributed by atoms with E-state index in [2.05, 4.69) is 15.9 Å². The molecule has 0 spiro atoms. The van der Waals surface area contributed by atoms with Gasteiger partial charge in [-0.2, -0.15) is 0 Å². The molecule has 1 nitrogen and oxygen atoms in total. The SMILES string of the molecule is Cc1ccc(F)cc1C(O)Cc1cc(Br)ccc1F. The van der Waals surface area contributed by atoms with Gasteiger partial charge in [-0.15, -0.1) is 0 Å². The lowest BCUT2D eigenvalue weighted by atomic mass is 9.97. The van der Waals surface area contributed by atoms with Gasteiger partial charge in [0.15, 0.2) is 0 Å². The Balaban J connectivity index is 2.27. The molecular weight excluding hydrogens is 314 g/mol. The van der Waals surface area contributed by atoms with Gasteiger partial charge in [0.25, 0.3) is 0 Å². The van der Waals surface area contributed by atoms with E-state index in [1.807, 2.05) is 0 Å². The van der Waals surface area contributed by atoms with E-state index in [1.165, 1.54) is 18.2 Å². The minimum Gasteiger partial charge on any atom is -0.388 e. The smallest absolute Gasteiger partial charge is 0.126 e. The first-order valence-corrected chi connectivity index (χ1v) is 6.64. The molecule has 100 valence electrons. The van der Waals surface area contributed by atoms with Crippen LogP contribution in [-0.4, -0.2) is 5.11 Å². The van der Waals surface area contributed by atoms with Crippen molar-refractivity contribution in [3.05, 3.63) is 69.2 Å². The summed E-state index contributed by atoms with van der Waals surface area (Å²) in [4.78, 5) is 0. The Kier molecular flexibility index (Phi) is 4.32. The monoisotopic (exact) mass is 326 g/mol. The zero-order valence-electron chi connectivity index (χ0n) is 10.3. The highest BCUT2D eigenvalue weighted by atomic mass is 79.9. The molecule has 0 amide bonds. The van der Waals surface area contributed by atoms with E-state index in [0.717, 1.165) is 10.0 Å². The minimum absolute atomic E-state index is 0.107. The lowest BCUT2D eigenvalue weighted by Crippen LogP contribution is -2.06. The van der Waals surface area contributed by atoms with Gasteiger partial charge < -0.3 is 5.11 Å². The van der Waals surface area contributed by atoms with Crippen molar-refractivity contribution in [3.8, 4) is 0 Å². The molecular formula is C15H13BrF2O. The number of hydrogen-bond acceptors (Lipinski definition) is 1. The van der Waals surface area contributed by atoms with Crippen molar-refractivity contribution in [2.75, 3.05) is 0 Å². The molecule has 0 bridgehead atoms. The van der Waals surface area contributed by atoms with E-state index in [1.54, 1.807) is 25.1 Å². The largest absolute Gasteiger partial charge is 0.388 e. The highest BCUT2D eigenvalue weighted by Crippen LogP contribution is 2.25. The van der Waals surface area contributed by atoms with Crippen LogP contribution in [-0.2, 0) is 6.42 Å². The normalized spacial score (nSPS) is 12.5. The van der Waals surface area contributed by atoms with Crippen LogP contribution in [0.25, 0.3) is 0 Å². The van der Waals surface area contributed by atoms with Gasteiger partial charge in [0.2, 0.25) is 0 Å². The van der Waals surface area contributed by atoms with E-state index in [-0.39, 0.29) is 12.2 Å². The molecule has 4 heteroatoms. The summed E-state index contributed by atoms with van der Waals surface area (Å²) in [5, 5.41) is 10.1. The first-order valence-electron chi connectivity index (χ1n) is 5.85. The van der Waals surface area contributed by atoms with E-state index in [4.69, 9.17) is 0 Å². The van der Waals surface area contributed by atoms with Crippen molar-refractivity contribution in [1.82, 2.24) is 0 Å². The van der Waals surface area contributed by atoms with Crippen LogP contribution in [0.4, 0.5) is 8.78 Å². The second-order valence-electron chi connectivity index (χ2n) is 4.46. The summed E-state index contributed by atoms with van der Waals surface area (Å²) < 4.78 is 27.6. The number of aliphatic hydroxyl groups excluding tert-OH is 1. The summed E-state index contributed by atoms with van der Waals surface area (Å²) in [6, 6.07) is 8.78. The van der Waals surface area contributed by atoms with Crippen molar-refractivity contribution in [1.29, 1.82) is 0 Å². The first kappa shape index (κ1) is 14.2. The molecule has 1 atom stereocenters. The fourth-order valence-electron chi connectivity index (χ4n) is 1.99. The average molecular weight is 327 g/mol. The molecule has 1 unspecified atom stereocenters. The fraction of sp³-hybridized carbons (Fsp3) is 0.200. The molecule has 0 heterocycles. The van der Waals surface area contributed by atoms with Crippen molar-refractivity contribution >= 4 is 15.9 Å². The molecule has 2 aromatic rings. The maximum atomic E-state index is 13.6. The summed E-state index contributed by atoms with van der Waals surface area (Å²) >= 11 is 3.26. The van der Waals surface area contributed by atoms with Gasteiger partial charge in [-0.05, 0) is 53.9 Å². The zero-order chi connectivity index (χ0) is 14.0. The Bertz CT molecular complexity index is 599. The maximum absolute atomic E-state index is 13.6. The van der Waals surface area contributed by atoms with Gasteiger partial charge in [-0.1, -0.05) is 22.0 Å². The summed E-state index contributed by atoms with van der Waals surface area (Å²) in [6.07, 6.45) is -0.824. The molecule has 2 aromatic carbocycles. The number of aliphatic hydroxyl groups is 1.